The van der Waals surface area contributed by atoms with Crippen molar-refractivity contribution in [2.24, 2.45) is 0 Å². The molecule has 88 valence electrons. The third-order valence-corrected chi connectivity index (χ3v) is 1.91. The van der Waals surface area contributed by atoms with Gasteiger partial charge in [-0.1, -0.05) is 17.1 Å². The SMILES string of the molecule is CC(OC/C=C/CO)n1ccnc1[N+](=O)[O-]. The molecule has 0 bridgehead atoms. The van der Waals surface area contributed by atoms with Crippen LogP contribution in [0.15, 0.2) is 24.5 Å². The highest BCUT2D eigenvalue weighted by molar-refractivity contribution is 5.07. The van der Waals surface area contributed by atoms with E-state index < -0.39 is 11.2 Å². The van der Waals surface area contributed by atoms with E-state index in [4.69, 9.17) is 9.84 Å². The number of nitrogens with zero attached hydrogens (tertiary/aromatic N) is 3. The Labute approximate surface area is 92.1 Å². The monoisotopic (exact) mass is 227 g/mol. The summed E-state index contributed by atoms with van der Waals surface area (Å²) in [6.07, 6.45) is 5.53. The molecule has 1 unspecified atom stereocenters. The van der Waals surface area contributed by atoms with E-state index in [1.807, 2.05) is 0 Å². The Morgan fingerprint density at radius 2 is 2.50 bits per heavy atom. The van der Waals surface area contributed by atoms with Crippen LogP contribution < -0.4 is 0 Å². The molecule has 0 radical (unpaired) electrons. The van der Waals surface area contributed by atoms with Crippen molar-refractivity contribution < 1.29 is 14.8 Å². The van der Waals surface area contributed by atoms with Crippen molar-refractivity contribution in [3.05, 3.63) is 34.7 Å². The van der Waals surface area contributed by atoms with Crippen LogP contribution in [0.1, 0.15) is 13.2 Å². The van der Waals surface area contributed by atoms with E-state index in [1.165, 1.54) is 23.0 Å². The Morgan fingerprint density at radius 3 is 3.12 bits per heavy atom. The average Bonchev–Trinajstić information content (AvgIpc) is 2.73. The summed E-state index contributed by atoms with van der Waals surface area (Å²) < 4.78 is 6.63. The lowest BCUT2D eigenvalue weighted by Crippen LogP contribution is -2.11. The maximum absolute atomic E-state index is 10.6. The Hall–Kier alpha value is -1.73. The summed E-state index contributed by atoms with van der Waals surface area (Å²) in [6.45, 7) is 1.90. The molecular formula is C9H13N3O4. The third kappa shape index (κ3) is 3.14. The summed E-state index contributed by atoms with van der Waals surface area (Å²) in [5, 5.41) is 19.1. The highest BCUT2D eigenvalue weighted by Gasteiger charge is 2.19. The Balaban J connectivity index is 2.58. The van der Waals surface area contributed by atoms with Gasteiger partial charge in [0.1, 0.15) is 12.4 Å². The second kappa shape index (κ2) is 5.99. The van der Waals surface area contributed by atoms with Crippen molar-refractivity contribution in [2.75, 3.05) is 13.2 Å². The molecule has 0 aliphatic carbocycles. The molecule has 1 aromatic rings. The van der Waals surface area contributed by atoms with Crippen LogP contribution in [0.25, 0.3) is 0 Å². The Kier molecular flexibility index (Phi) is 4.62. The zero-order valence-corrected chi connectivity index (χ0v) is 8.81. The van der Waals surface area contributed by atoms with E-state index in [-0.39, 0.29) is 19.2 Å². The normalized spacial score (nSPS) is 13.1. The van der Waals surface area contributed by atoms with Gasteiger partial charge in [-0.25, -0.2) is 4.57 Å². The smallest absolute Gasteiger partial charge is 0.392 e. The highest BCUT2D eigenvalue weighted by Crippen LogP contribution is 2.16. The summed E-state index contributed by atoms with van der Waals surface area (Å²) in [4.78, 5) is 13.6. The number of ether oxygens (including phenoxy) is 1. The molecule has 0 aromatic carbocycles. The largest absolute Gasteiger partial charge is 0.436 e. The number of rotatable bonds is 6. The molecule has 0 amide bonds. The van der Waals surface area contributed by atoms with Gasteiger partial charge in [0.05, 0.1) is 13.2 Å². The number of aliphatic hydroxyl groups excluding tert-OH is 1. The van der Waals surface area contributed by atoms with Gasteiger partial charge in [-0.3, -0.25) is 0 Å². The molecule has 1 N–H and O–H groups in total. The van der Waals surface area contributed by atoms with Gasteiger partial charge in [0.2, 0.25) is 0 Å². The molecule has 0 saturated heterocycles. The first-order chi connectivity index (χ1) is 7.66. The molecule has 0 aliphatic heterocycles. The second-order valence-corrected chi connectivity index (χ2v) is 2.98. The first-order valence-electron chi connectivity index (χ1n) is 4.71. The summed E-state index contributed by atoms with van der Waals surface area (Å²) in [5.41, 5.74) is 0. The molecular weight excluding hydrogens is 214 g/mol. The Bertz CT molecular complexity index is 375. The molecule has 0 spiro atoms. The van der Waals surface area contributed by atoms with Crippen molar-refractivity contribution in [1.29, 1.82) is 0 Å². The fourth-order valence-corrected chi connectivity index (χ4v) is 1.15. The van der Waals surface area contributed by atoms with Crippen molar-refractivity contribution in [3.8, 4) is 0 Å². The van der Waals surface area contributed by atoms with Crippen LogP contribution in [-0.4, -0.2) is 32.8 Å². The van der Waals surface area contributed by atoms with Crippen molar-refractivity contribution in [3.63, 3.8) is 0 Å². The summed E-state index contributed by atoms with van der Waals surface area (Å²) in [6, 6.07) is 0. The lowest BCUT2D eigenvalue weighted by atomic mass is 10.5. The maximum atomic E-state index is 10.6. The summed E-state index contributed by atoms with van der Waals surface area (Å²) in [7, 11) is 0. The third-order valence-electron chi connectivity index (χ3n) is 1.91. The van der Waals surface area contributed by atoms with Crippen molar-refractivity contribution in [1.82, 2.24) is 9.55 Å². The number of aromatic nitrogens is 2. The van der Waals surface area contributed by atoms with E-state index in [0.29, 0.717) is 0 Å². The fraction of sp³-hybridized carbons (Fsp3) is 0.444. The molecule has 0 aliphatic rings. The zero-order chi connectivity index (χ0) is 12.0. The van der Waals surface area contributed by atoms with Crippen LogP contribution in [-0.2, 0) is 4.74 Å². The van der Waals surface area contributed by atoms with Crippen molar-refractivity contribution in [2.45, 2.75) is 13.2 Å². The molecule has 7 heteroatoms. The minimum Gasteiger partial charge on any atom is -0.392 e. The van der Waals surface area contributed by atoms with Gasteiger partial charge in [0.25, 0.3) is 0 Å². The minimum atomic E-state index is -0.566. The number of imidazole rings is 1. The number of hydrogen-bond donors (Lipinski definition) is 1. The van der Waals surface area contributed by atoms with Crippen molar-refractivity contribution >= 4 is 5.95 Å². The summed E-state index contributed by atoms with van der Waals surface area (Å²) in [5.74, 6) is -0.251. The predicted molar refractivity (Wildman–Crippen MR) is 55.8 cm³/mol. The molecule has 1 rings (SSSR count). The lowest BCUT2D eigenvalue weighted by molar-refractivity contribution is -0.398. The van der Waals surface area contributed by atoms with E-state index in [2.05, 4.69) is 4.98 Å². The van der Waals surface area contributed by atoms with Gasteiger partial charge in [0, 0.05) is 0 Å². The molecule has 1 heterocycles. The molecule has 7 nitrogen and oxygen atoms in total. The fourth-order valence-electron chi connectivity index (χ4n) is 1.15. The maximum Gasteiger partial charge on any atom is 0.436 e. The van der Waals surface area contributed by atoms with Gasteiger partial charge < -0.3 is 20.0 Å². The molecule has 1 aromatic heterocycles. The highest BCUT2D eigenvalue weighted by atomic mass is 16.6. The van der Waals surface area contributed by atoms with E-state index >= 15 is 0 Å². The topological polar surface area (TPSA) is 90.4 Å². The molecule has 0 fully saturated rings. The molecule has 16 heavy (non-hydrogen) atoms. The predicted octanol–water partition coefficient (Wildman–Crippen LogP) is 0.875. The van der Waals surface area contributed by atoms with E-state index in [9.17, 15) is 10.1 Å². The summed E-state index contributed by atoms with van der Waals surface area (Å²) >= 11 is 0. The van der Waals surface area contributed by atoms with Gasteiger partial charge in [0.15, 0.2) is 6.23 Å². The van der Waals surface area contributed by atoms with Crippen LogP contribution >= 0.6 is 0 Å². The lowest BCUT2D eigenvalue weighted by Gasteiger charge is -2.10. The van der Waals surface area contributed by atoms with Crippen LogP contribution in [0.3, 0.4) is 0 Å². The number of hydrogen-bond acceptors (Lipinski definition) is 5. The van der Waals surface area contributed by atoms with Crippen LogP contribution in [0, 0.1) is 10.1 Å². The van der Waals surface area contributed by atoms with Gasteiger partial charge >= 0.3 is 5.95 Å². The zero-order valence-electron chi connectivity index (χ0n) is 8.81. The van der Waals surface area contributed by atoms with E-state index in [1.54, 1.807) is 13.0 Å². The first-order valence-corrected chi connectivity index (χ1v) is 4.71. The van der Waals surface area contributed by atoms with Crippen LogP contribution in [0.4, 0.5) is 5.95 Å². The van der Waals surface area contributed by atoms with Gasteiger partial charge in [-0.15, -0.1) is 0 Å². The van der Waals surface area contributed by atoms with Crippen LogP contribution in [0.5, 0.6) is 0 Å². The number of nitro groups is 1. The number of aliphatic hydroxyl groups is 1. The standard InChI is InChI=1S/C9H13N3O4/c1-8(16-7-3-2-6-13)11-5-4-10-9(11)12(14)15/h2-5,8,13H,6-7H2,1H3/b3-2+. The quantitative estimate of drug-likeness (QED) is 0.442. The van der Waals surface area contributed by atoms with Gasteiger partial charge in [-0.05, 0) is 11.8 Å². The molecule has 1 atom stereocenters. The Morgan fingerprint density at radius 1 is 1.75 bits per heavy atom. The van der Waals surface area contributed by atoms with E-state index in [0.717, 1.165) is 0 Å². The first kappa shape index (κ1) is 12.3. The second-order valence-electron chi connectivity index (χ2n) is 2.98. The average molecular weight is 227 g/mol. The molecule has 0 saturated carbocycles. The minimum absolute atomic E-state index is 0.0526. The van der Waals surface area contributed by atoms with Gasteiger partial charge in [-0.2, -0.15) is 0 Å². The van der Waals surface area contributed by atoms with Crippen LogP contribution in [0.2, 0.25) is 0 Å².